The minimum absolute atomic E-state index is 0.0702. The molecule has 27 heavy (non-hydrogen) atoms. The van der Waals surface area contributed by atoms with Gasteiger partial charge in [-0.05, 0) is 30.9 Å². The second-order valence-electron chi connectivity index (χ2n) is 7.30. The molecule has 2 aliphatic heterocycles. The van der Waals surface area contributed by atoms with Gasteiger partial charge in [-0.15, -0.1) is 0 Å². The molecular weight excluding hydrogens is 348 g/mol. The number of rotatable bonds is 6. The van der Waals surface area contributed by atoms with Gasteiger partial charge >= 0.3 is 5.97 Å². The molecule has 2 aliphatic rings. The number of amides is 2. The number of hydrogen-bond donors (Lipinski definition) is 2. The molecule has 7 heteroatoms. The minimum Gasteiger partial charge on any atom is -0.481 e. The molecule has 0 aliphatic carbocycles. The minimum atomic E-state index is -0.981. The number of ether oxygens (including phenoxy) is 1. The molecule has 1 unspecified atom stereocenters. The van der Waals surface area contributed by atoms with E-state index in [-0.39, 0.29) is 24.8 Å². The first-order valence-electron chi connectivity index (χ1n) is 9.44. The van der Waals surface area contributed by atoms with Crippen LogP contribution in [0.2, 0.25) is 0 Å². The molecule has 7 nitrogen and oxygen atoms in total. The summed E-state index contributed by atoms with van der Waals surface area (Å²) in [5, 5.41) is 12.4. The fraction of sp³-hybridized carbons (Fsp3) is 0.550. The Morgan fingerprint density at radius 3 is 2.67 bits per heavy atom. The number of para-hydroxylation sites is 1. The molecule has 3 rings (SSSR count). The number of aliphatic carboxylic acids is 1. The molecule has 0 aromatic heterocycles. The lowest BCUT2D eigenvalue weighted by Gasteiger charge is -2.33. The van der Waals surface area contributed by atoms with Crippen LogP contribution in [-0.2, 0) is 25.5 Å². The molecule has 2 N–H and O–H groups in total. The average molecular weight is 374 g/mol. The molecular formula is C20H26N2O5. The van der Waals surface area contributed by atoms with Crippen LogP contribution in [0, 0.1) is 11.3 Å². The van der Waals surface area contributed by atoms with Gasteiger partial charge in [0.15, 0.2) is 0 Å². The highest BCUT2D eigenvalue weighted by molar-refractivity contribution is 6.00. The molecule has 2 heterocycles. The van der Waals surface area contributed by atoms with Crippen LogP contribution < -0.4 is 10.2 Å². The Morgan fingerprint density at radius 2 is 2.00 bits per heavy atom. The number of nitrogens with one attached hydrogen (secondary N) is 1. The molecule has 1 aromatic rings. The maximum Gasteiger partial charge on any atom is 0.311 e. The topological polar surface area (TPSA) is 95.9 Å². The maximum atomic E-state index is 12.6. The SMILES string of the molecule is CCc1ccccc1N1CC(C(=O)NCC2(C(=O)O)CCOCC2)CC1=O. The zero-order chi connectivity index (χ0) is 19.4. The summed E-state index contributed by atoms with van der Waals surface area (Å²) in [4.78, 5) is 38.5. The van der Waals surface area contributed by atoms with Crippen molar-refractivity contribution in [2.45, 2.75) is 32.6 Å². The number of hydrogen-bond acceptors (Lipinski definition) is 4. The Balaban J connectivity index is 1.64. The smallest absolute Gasteiger partial charge is 0.311 e. The van der Waals surface area contributed by atoms with E-state index in [0.717, 1.165) is 17.7 Å². The first-order valence-corrected chi connectivity index (χ1v) is 9.44. The van der Waals surface area contributed by atoms with Gasteiger partial charge < -0.3 is 20.1 Å². The molecule has 0 radical (unpaired) electrons. The van der Waals surface area contributed by atoms with Crippen molar-refractivity contribution in [3.05, 3.63) is 29.8 Å². The van der Waals surface area contributed by atoms with Crippen molar-refractivity contribution in [1.82, 2.24) is 5.32 Å². The zero-order valence-electron chi connectivity index (χ0n) is 15.6. The van der Waals surface area contributed by atoms with Gasteiger partial charge in [0.2, 0.25) is 11.8 Å². The molecule has 2 fully saturated rings. The molecule has 0 spiro atoms. The van der Waals surface area contributed by atoms with E-state index >= 15 is 0 Å². The largest absolute Gasteiger partial charge is 0.481 e. The molecule has 2 saturated heterocycles. The highest BCUT2D eigenvalue weighted by atomic mass is 16.5. The Labute approximate surface area is 158 Å². The van der Waals surface area contributed by atoms with E-state index in [2.05, 4.69) is 5.32 Å². The van der Waals surface area contributed by atoms with Crippen molar-refractivity contribution in [2.24, 2.45) is 11.3 Å². The van der Waals surface area contributed by atoms with Gasteiger partial charge in [-0.25, -0.2) is 0 Å². The molecule has 146 valence electrons. The van der Waals surface area contributed by atoms with Crippen LogP contribution in [0.5, 0.6) is 0 Å². The van der Waals surface area contributed by atoms with E-state index in [4.69, 9.17) is 4.74 Å². The van der Waals surface area contributed by atoms with Crippen LogP contribution in [0.25, 0.3) is 0 Å². The number of carboxylic acids is 1. The van der Waals surface area contributed by atoms with E-state index in [0.29, 0.717) is 32.6 Å². The fourth-order valence-corrected chi connectivity index (χ4v) is 3.82. The van der Waals surface area contributed by atoms with E-state index in [1.54, 1.807) is 4.90 Å². The van der Waals surface area contributed by atoms with Crippen LogP contribution in [-0.4, -0.2) is 49.2 Å². The predicted octanol–water partition coefficient (Wildman–Crippen LogP) is 1.60. The van der Waals surface area contributed by atoms with Gasteiger partial charge in [-0.3, -0.25) is 14.4 Å². The average Bonchev–Trinajstić information content (AvgIpc) is 3.08. The third-order valence-electron chi connectivity index (χ3n) is 5.66. The number of carboxylic acid groups (broad SMARTS) is 1. The highest BCUT2D eigenvalue weighted by Crippen LogP contribution is 2.31. The summed E-state index contributed by atoms with van der Waals surface area (Å²) in [6, 6.07) is 7.71. The van der Waals surface area contributed by atoms with Crippen LogP contribution >= 0.6 is 0 Å². The van der Waals surface area contributed by atoms with Crippen LogP contribution in [0.15, 0.2) is 24.3 Å². The first kappa shape index (κ1) is 19.4. The molecule has 0 bridgehead atoms. The number of benzene rings is 1. The summed E-state index contributed by atoms with van der Waals surface area (Å²) < 4.78 is 5.25. The highest BCUT2D eigenvalue weighted by Gasteiger charge is 2.42. The monoisotopic (exact) mass is 374 g/mol. The lowest BCUT2D eigenvalue weighted by atomic mass is 9.80. The quantitative estimate of drug-likeness (QED) is 0.788. The summed E-state index contributed by atoms with van der Waals surface area (Å²) in [6.07, 6.45) is 1.71. The van der Waals surface area contributed by atoms with Crippen LogP contribution in [0.3, 0.4) is 0 Å². The van der Waals surface area contributed by atoms with E-state index in [1.807, 2.05) is 31.2 Å². The summed E-state index contributed by atoms with van der Waals surface area (Å²) >= 11 is 0. The number of nitrogens with zero attached hydrogens (tertiary/aromatic N) is 1. The van der Waals surface area contributed by atoms with Crippen molar-refractivity contribution < 1.29 is 24.2 Å². The summed E-state index contributed by atoms with van der Waals surface area (Å²) in [5.74, 6) is -1.71. The number of carbonyl (C=O) groups is 3. The zero-order valence-corrected chi connectivity index (χ0v) is 15.6. The van der Waals surface area contributed by atoms with Gasteiger partial charge in [0, 0.05) is 38.4 Å². The number of aryl methyl sites for hydroxylation is 1. The number of anilines is 1. The summed E-state index contributed by atoms with van der Waals surface area (Å²) in [6.45, 7) is 3.19. The van der Waals surface area contributed by atoms with Crippen molar-refractivity contribution in [3.8, 4) is 0 Å². The number of carbonyl (C=O) groups excluding carboxylic acids is 2. The van der Waals surface area contributed by atoms with Crippen molar-refractivity contribution in [1.29, 1.82) is 0 Å². The molecule has 1 aromatic carbocycles. The normalized spacial score (nSPS) is 21.9. The standard InChI is InChI=1S/C20H26N2O5/c1-2-14-5-3-4-6-16(14)22-12-15(11-17(22)23)18(24)21-13-20(19(25)26)7-9-27-10-8-20/h3-6,15H,2,7-13H2,1H3,(H,21,24)(H,25,26). The summed E-state index contributed by atoms with van der Waals surface area (Å²) in [7, 11) is 0. The third kappa shape index (κ3) is 3.98. The predicted molar refractivity (Wildman–Crippen MR) is 99.4 cm³/mol. The second-order valence-corrected chi connectivity index (χ2v) is 7.30. The Kier molecular flexibility index (Phi) is 5.79. The van der Waals surface area contributed by atoms with Gasteiger partial charge in [-0.2, -0.15) is 0 Å². The van der Waals surface area contributed by atoms with Crippen molar-refractivity contribution in [2.75, 3.05) is 31.2 Å². The van der Waals surface area contributed by atoms with E-state index in [1.165, 1.54) is 0 Å². The van der Waals surface area contributed by atoms with Crippen molar-refractivity contribution >= 4 is 23.5 Å². The summed E-state index contributed by atoms with van der Waals surface area (Å²) in [5.41, 5.74) is 0.941. The van der Waals surface area contributed by atoms with Crippen LogP contribution in [0.4, 0.5) is 5.69 Å². The second kappa shape index (κ2) is 8.08. The van der Waals surface area contributed by atoms with Crippen LogP contribution in [0.1, 0.15) is 31.7 Å². The Hall–Kier alpha value is -2.41. The first-order chi connectivity index (χ1) is 13.0. The lowest BCUT2D eigenvalue weighted by Crippen LogP contribution is -2.48. The molecule has 0 saturated carbocycles. The van der Waals surface area contributed by atoms with Crippen molar-refractivity contribution in [3.63, 3.8) is 0 Å². The fourth-order valence-electron chi connectivity index (χ4n) is 3.82. The molecule has 2 amide bonds. The Morgan fingerprint density at radius 1 is 1.30 bits per heavy atom. The van der Waals surface area contributed by atoms with Gasteiger partial charge in [0.1, 0.15) is 0 Å². The van der Waals surface area contributed by atoms with E-state index in [9.17, 15) is 19.5 Å². The van der Waals surface area contributed by atoms with Gasteiger partial charge in [-0.1, -0.05) is 25.1 Å². The maximum absolute atomic E-state index is 12.6. The van der Waals surface area contributed by atoms with Gasteiger partial charge in [0.25, 0.3) is 0 Å². The van der Waals surface area contributed by atoms with Gasteiger partial charge in [0.05, 0.1) is 11.3 Å². The molecule has 1 atom stereocenters. The third-order valence-corrected chi connectivity index (χ3v) is 5.66. The lowest BCUT2D eigenvalue weighted by molar-refractivity contribution is -0.154. The van der Waals surface area contributed by atoms with E-state index < -0.39 is 17.3 Å². The Bertz CT molecular complexity index is 727.